The van der Waals surface area contributed by atoms with Gasteiger partial charge in [-0.25, -0.2) is 4.79 Å². The highest BCUT2D eigenvalue weighted by molar-refractivity contribution is 7.80. The van der Waals surface area contributed by atoms with E-state index in [1.54, 1.807) is 0 Å². The molecule has 11 heteroatoms. The molecule has 0 aromatic heterocycles. The van der Waals surface area contributed by atoms with Crippen molar-refractivity contribution in [3.05, 3.63) is 0 Å². The summed E-state index contributed by atoms with van der Waals surface area (Å²) in [6.07, 6.45) is 1.02. The number of likely N-dealkylation sites (tertiary alicyclic amines) is 1. The number of carbonyl (C=O) groups excluding carboxylic acids is 3. The number of hydrogen-bond donors (Lipinski definition) is 6. The molecule has 0 bridgehead atoms. The van der Waals surface area contributed by atoms with Gasteiger partial charge in [0.1, 0.15) is 18.1 Å². The average Bonchev–Trinajstić information content (AvgIpc) is 3.05. The maximum atomic E-state index is 12.5. The van der Waals surface area contributed by atoms with Crippen LogP contribution in [-0.2, 0) is 19.2 Å². The number of carboxylic acids is 1. The first-order valence-electron chi connectivity index (χ1n) is 7.40. The van der Waals surface area contributed by atoms with Crippen molar-refractivity contribution in [2.75, 3.05) is 24.6 Å². The second kappa shape index (κ2) is 9.74. The minimum atomic E-state index is -1.20. The van der Waals surface area contributed by atoms with Gasteiger partial charge in [-0.1, -0.05) is 0 Å². The Kier molecular flexibility index (Phi) is 8.36. The standard InChI is InChI=1S/C13H22N4O5S2/c14-4-10(18)15-7(5-23)12(20)17-3-1-2-9(17)11(19)16-8(6-24)13(21)22/h7-9,23-24H,1-6,14H2,(H,15,18)(H,16,19)(H,21,22). The SMILES string of the molecule is NCC(=O)NC(CS)C(=O)N1CCCC1C(=O)NC(CS)C(=O)O. The largest absolute Gasteiger partial charge is 0.480 e. The third-order valence-electron chi connectivity index (χ3n) is 3.64. The van der Waals surface area contributed by atoms with Crippen molar-refractivity contribution in [3.63, 3.8) is 0 Å². The Morgan fingerprint density at radius 1 is 1.17 bits per heavy atom. The van der Waals surface area contributed by atoms with Gasteiger partial charge < -0.3 is 26.4 Å². The molecule has 1 rings (SSSR count). The van der Waals surface area contributed by atoms with Crippen molar-refractivity contribution < 1.29 is 24.3 Å². The van der Waals surface area contributed by atoms with E-state index in [0.29, 0.717) is 19.4 Å². The molecule has 136 valence electrons. The van der Waals surface area contributed by atoms with Crippen LogP contribution in [0.25, 0.3) is 0 Å². The summed E-state index contributed by atoms with van der Waals surface area (Å²) in [5, 5.41) is 13.8. The molecule has 0 radical (unpaired) electrons. The number of carbonyl (C=O) groups is 4. The highest BCUT2D eigenvalue weighted by Gasteiger charge is 2.38. The highest BCUT2D eigenvalue weighted by Crippen LogP contribution is 2.19. The maximum Gasteiger partial charge on any atom is 0.327 e. The van der Waals surface area contributed by atoms with Crippen molar-refractivity contribution in [1.82, 2.24) is 15.5 Å². The summed E-state index contributed by atoms with van der Waals surface area (Å²) < 4.78 is 0. The average molecular weight is 378 g/mol. The van der Waals surface area contributed by atoms with Gasteiger partial charge in [0.25, 0.3) is 0 Å². The predicted octanol–water partition coefficient (Wildman–Crippen LogP) is -2.15. The van der Waals surface area contributed by atoms with Crippen LogP contribution in [0.2, 0.25) is 0 Å². The zero-order valence-electron chi connectivity index (χ0n) is 13.0. The van der Waals surface area contributed by atoms with Crippen LogP contribution in [0.5, 0.6) is 0 Å². The summed E-state index contributed by atoms with van der Waals surface area (Å²) in [5.74, 6) is -2.69. The number of carboxylic acid groups (broad SMARTS) is 1. The lowest BCUT2D eigenvalue weighted by Gasteiger charge is -2.28. The zero-order valence-corrected chi connectivity index (χ0v) is 14.8. The molecule has 1 saturated heterocycles. The van der Waals surface area contributed by atoms with E-state index in [1.807, 2.05) is 0 Å². The van der Waals surface area contributed by atoms with Crippen LogP contribution in [0, 0.1) is 0 Å². The normalized spacial score (nSPS) is 19.5. The zero-order chi connectivity index (χ0) is 18.3. The molecule has 0 saturated carbocycles. The molecule has 0 aromatic rings. The minimum absolute atomic E-state index is 0.0593. The van der Waals surface area contributed by atoms with E-state index in [1.165, 1.54) is 4.90 Å². The number of nitrogens with two attached hydrogens (primary N) is 1. The summed E-state index contributed by atoms with van der Waals surface area (Å²) in [4.78, 5) is 48.5. The molecule has 3 atom stereocenters. The molecule has 1 heterocycles. The van der Waals surface area contributed by atoms with Crippen LogP contribution in [0.15, 0.2) is 0 Å². The van der Waals surface area contributed by atoms with E-state index in [2.05, 4.69) is 35.9 Å². The van der Waals surface area contributed by atoms with E-state index in [-0.39, 0.29) is 18.1 Å². The van der Waals surface area contributed by atoms with Crippen LogP contribution in [-0.4, -0.2) is 76.4 Å². The molecular formula is C13H22N4O5S2. The van der Waals surface area contributed by atoms with Crippen molar-refractivity contribution in [1.29, 1.82) is 0 Å². The lowest BCUT2D eigenvalue weighted by atomic mass is 10.1. The van der Waals surface area contributed by atoms with Crippen molar-refractivity contribution in [3.8, 4) is 0 Å². The number of nitrogens with zero attached hydrogens (tertiary/aromatic N) is 1. The molecule has 1 aliphatic rings. The summed E-state index contributed by atoms with van der Waals surface area (Å²) in [5.41, 5.74) is 5.21. The Labute approximate surface area is 150 Å². The van der Waals surface area contributed by atoms with Gasteiger partial charge in [0.05, 0.1) is 6.54 Å². The van der Waals surface area contributed by atoms with E-state index in [9.17, 15) is 19.2 Å². The van der Waals surface area contributed by atoms with Crippen LogP contribution >= 0.6 is 25.3 Å². The van der Waals surface area contributed by atoms with Gasteiger partial charge in [0.15, 0.2) is 0 Å². The fraction of sp³-hybridized carbons (Fsp3) is 0.692. The maximum absolute atomic E-state index is 12.5. The van der Waals surface area contributed by atoms with Crippen molar-refractivity contribution >= 4 is 48.9 Å². The summed E-state index contributed by atoms with van der Waals surface area (Å²) >= 11 is 7.93. The Bertz CT molecular complexity index is 505. The predicted molar refractivity (Wildman–Crippen MR) is 93.0 cm³/mol. The number of nitrogens with one attached hydrogen (secondary N) is 2. The molecule has 5 N–H and O–H groups in total. The molecule has 0 aromatic carbocycles. The van der Waals surface area contributed by atoms with Crippen molar-refractivity contribution in [2.24, 2.45) is 5.73 Å². The van der Waals surface area contributed by atoms with Gasteiger partial charge >= 0.3 is 5.97 Å². The van der Waals surface area contributed by atoms with E-state index >= 15 is 0 Å². The van der Waals surface area contributed by atoms with Crippen LogP contribution in [0.1, 0.15) is 12.8 Å². The van der Waals surface area contributed by atoms with Crippen LogP contribution in [0.4, 0.5) is 0 Å². The molecule has 0 spiro atoms. The minimum Gasteiger partial charge on any atom is -0.480 e. The van der Waals surface area contributed by atoms with Gasteiger partial charge in [-0.05, 0) is 12.8 Å². The smallest absolute Gasteiger partial charge is 0.327 e. The Balaban J connectivity index is 2.79. The van der Waals surface area contributed by atoms with Crippen LogP contribution < -0.4 is 16.4 Å². The number of hydrogen-bond acceptors (Lipinski definition) is 7. The molecule has 1 fully saturated rings. The first-order chi connectivity index (χ1) is 11.3. The van der Waals surface area contributed by atoms with Crippen LogP contribution in [0.3, 0.4) is 0 Å². The van der Waals surface area contributed by atoms with Gasteiger partial charge in [-0.15, -0.1) is 0 Å². The third kappa shape index (κ3) is 5.28. The fourth-order valence-electron chi connectivity index (χ4n) is 2.40. The monoisotopic (exact) mass is 378 g/mol. The van der Waals surface area contributed by atoms with Gasteiger partial charge in [0.2, 0.25) is 17.7 Å². The Morgan fingerprint density at radius 3 is 2.29 bits per heavy atom. The molecular weight excluding hydrogens is 356 g/mol. The molecule has 1 aliphatic heterocycles. The van der Waals surface area contributed by atoms with E-state index in [0.717, 1.165) is 0 Å². The van der Waals surface area contributed by atoms with Gasteiger partial charge in [-0.3, -0.25) is 14.4 Å². The van der Waals surface area contributed by atoms with Gasteiger partial charge in [0, 0.05) is 18.1 Å². The highest BCUT2D eigenvalue weighted by atomic mass is 32.1. The summed E-state index contributed by atoms with van der Waals surface area (Å²) in [7, 11) is 0. The lowest BCUT2D eigenvalue weighted by Crippen LogP contribution is -2.56. The molecule has 3 amide bonds. The summed E-state index contributed by atoms with van der Waals surface area (Å²) in [6, 6.07) is -2.80. The van der Waals surface area contributed by atoms with E-state index in [4.69, 9.17) is 10.8 Å². The molecule has 0 aliphatic carbocycles. The second-order valence-electron chi connectivity index (χ2n) is 5.28. The molecule has 9 nitrogen and oxygen atoms in total. The second-order valence-corrected chi connectivity index (χ2v) is 6.01. The Hall–Kier alpha value is -1.46. The Morgan fingerprint density at radius 2 is 1.79 bits per heavy atom. The number of rotatable bonds is 8. The van der Waals surface area contributed by atoms with Gasteiger partial charge in [-0.2, -0.15) is 25.3 Å². The number of amides is 3. The number of aliphatic carboxylic acids is 1. The number of thiol groups is 2. The first kappa shape index (κ1) is 20.6. The third-order valence-corrected chi connectivity index (χ3v) is 4.37. The first-order valence-corrected chi connectivity index (χ1v) is 8.67. The molecule has 3 unspecified atom stereocenters. The fourth-order valence-corrected chi connectivity index (χ4v) is 2.89. The van der Waals surface area contributed by atoms with Crippen molar-refractivity contribution in [2.45, 2.75) is 31.0 Å². The lowest BCUT2D eigenvalue weighted by molar-refractivity contribution is -0.144. The van der Waals surface area contributed by atoms with E-state index < -0.39 is 41.8 Å². The topological polar surface area (TPSA) is 142 Å². The summed E-state index contributed by atoms with van der Waals surface area (Å²) in [6.45, 7) is 0.0853. The molecule has 24 heavy (non-hydrogen) atoms. The quantitative estimate of drug-likeness (QED) is 0.266.